The molecule has 70 valence electrons. The second-order valence-corrected chi connectivity index (χ2v) is 2.56. The summed E-state index contributed by atoms with van der Waals surface area (Å²) >= 11 is 0. The maximum absolute atomic E-state index is 12.9. The van der Waals surface area contributed by atoms with Gasteiger partial charge in [0.2, 0.25) is 0 Å². The van der Waals surface area contributed by atoms with E-state index in [0.29, 0.717) is 5.56 Å². The van der Waals surface area contributed by atoms with E-state index in [0.717, 1.165) is 12.1 Å². The molecule has 0 aliphatic carbocycles. The molecule has 0 atom stereocenters. The molecule has 0 aliphatic heterocycles. The van der Waals surface area contributed by atoms with E-state index in [1.54, 1.807) is 12.4 Å². The first kappa shape index (κ1) is 9.47. The van der Waals surface area contributed by atoms with Crippen molar-refractivity contribution in [3.05, 3.63) is 29.1 Å². The van der Waals surface area contributed by atoms with E-state index in [2.05, 4.69) is 0 Å². The van der Waals surface area contributed by atoms with Crippen LogP contribution in [0.4, 0.5) is 10.1 Å². The Morgan fingerprint density at radius 1 is 1.54 bits per heavy atom. The topological polar surface area (TPSA) is 69.6 Å². The second kappa shape index (κ2) is 3.40. The molecule has 4 nitrogen and oxygen atoms in total. The number of carboxylic acids is 1. The van der Waals surface area contributed by atoms with Gasteiger partial charge in [0.25, 0.3) is 0 Å². The molecule has 0 radical (unpaired) electrons. The van der Waals surface area contributed by atoms with Crippen molar-refractivity contribution < 1.29 is 19.5 Å². The first-order chi connectivity index (χ1) is 6.06. The number of hydrogen-bond donors (Lipinski definition) is 3. The Labute approximate surface area is 73.6 Å². The van der Waals surface area contributed by atoms with Gasteiger partial charge in [-0.3, -0.25) is 10.7 Å². The lowest BCUT2D eigenvalue weighted by atomic mass is 10.1. The highest BCUT2D eigenvalue weighted by Crippen LogP contribution is 2.19. The van der Waals surface area contributed by atoms with Gasteiger partial charge < -0.3 is 5.11 Å². The molecule has 1 aromatic carbocycles. The first-order valence-corrected chi connectivity index (χ1v) is 3.50. The number of nitrogens with one attached hydrogen (secondary N) is 1. The summed E-state index contributed by atoms with van der Waals surface area (Å²) in [7, 11) is 0. The quantitative estimate of drug-likeness (QED) is 0.612. The van der Waals surface area contributed by atoms with Gasteiger partial charge in [-0.1, -0.05) is 0 Å². The van der Waals surface area contributed by atoms with Crippen LogP contribution in [0, 0.1) is 12.7 Å². The average Bonchev–Trinajstić information content (AvgIpc) is 2.03. The predicted molar refractivity (Wildman–Crippen MR) is 43.5 cm³/mol. The summed E-state index contributed by atoms with van der Waals surface area (Å²) in [4.78, 5) is 10.5. The Bertz CT molecular complexity index is 351. The minimum absolute atomic E-state index is 0.179. The van der Waals surface area contributed by atoms with Gasteiger partial charge in [-0.05, 0) is 24.6 Å². The summed E-state index contributed by atoms with van der Waals surface area (Å²) in [6.07, 6.45) is 0. The van der Waals surface area contributed by atoms with Gasteiger partial charge >= 0.3 is 5.97 Å². The van der Waals surface area contributed by atoms with Crippen LogP contribution < -0.4 is 5.48 Å². The van der Waals surface area contributed by atoms with E-state index >= 15 is 0 Å². The highest BCUT2D eigenvalue weighted by molar-refractivity contribution is 5.89. The molecule has 3 N–H and O–H groups in total. The number of anilines is 1. The maximum Gasteiger partial charge on any atom is 0.338 e. The van der Waals surface area contributed by atoms with Crippen LogP contribution in [0.25, 0.3) is 0 Å². The van der Waals surface area contributed by atoms with E-state index < -0.39 is 17.3 Å². The Hall–Kier alpha value is -1.62. The third-order valence-corrected chi connectivity index (χ3v) is 1.66. The molecule has 0 saturated heterocycles. The van der Waals surface area contributed by atoms with Gasteiger partial charge in [-0.25, -0.2) is 9.18 Å². The molecule has 0 spiro atoms. The number of halogens is 1. The number of aryl methyl sites for hydroxylation is 1. The SMILES string of the molecule is Cc1cc(F)c(C(=O)O)cc1NO. The normalized spacial score (nSPS) is 9.77. The molecule has 0 unspecified atom stereocenters. The lowest BCUT2D eigenvalue weighted by Crippen LogP contribution is -2.03. The number of aromatic carboxylic acids is 1. The minimum Gasteiger partial charge on any atom is -0.478 e. The van der Waals surface area contributed by atoms with Gasteiger partial charge in [0.05, 0.1) is 11.3 Å². The van der Waals surface area contributed by atoms with Crippen molar-refractivity contribution in [1.29, 1.82) is 0 Å². The van der Waals surface area contributed by atoms with Crippen LogP contribution in [0.15, 0.2) is 12.1 Å². The van der Waals surface area contributed by atoms with Crippen molar-refractivity contribution in [3.63, 3.8) is 0 Å². The van der Waals surface area contributed by atoms with Crippen LogP contribution in [0.3, 0.4) is 0 Å². The van der Waals surface area contributed by atoms with Crippen LogP contribution >= 0.6 is 0 Å². The van der Waals surface area contributed by atoms with E-state index in [1.165, 1.54) is 0 Å². The molecule has 0 amide bonds. The fourth-order valence-electron chi connectivity index (χ4n) is 0.957. The summed E-state index contributed by atoms with van der Waals surface area (Å²) in [5, 5.41) is 17.1. The lowest BCUT2D eigenvalue weighted by molar-refractivity contribution is 0.0692. The summed E-state index contributed by atoms with van der Waals surface area (Å²) in [6, 6.07) is 2.08. The molecule has 0 aromatic heterocycles. The monoisotopic (exact) mass is 185 g/mol. The standard InChI is InChI=1S/C8H8FNO3/c1-4-2-6(9)5(8(11)12)3-7(4)10-13/h2-3,10,13H,1H3,(H,11,12). The van der Waals surface area contributed by atoms with Gasteiger partial charge in [0.15, 0.2) is 0 Å². The lowest BCUT2D eigenvalue weighted by Gasteiger charge is -2.05. The molecule has 0 heterocycles. The molecule has 0 fully saturated rings. The molecule has 5 heteroatoms. The van der Waals surface area contributed by atoms with E-state index in [1.807, 2.05) is 0 Å². The molecule has 1 aromatic rings. The third-order valence-electron chi connectivity index (χ3n) is 1.66. The van der Waals surface area contributed by atoms with Crippen molar-refractivity contribution in [2.24, 2.45) is 0 Å². The molecule has 0 bridgehead atoms. The second-order valence-electron chi connectivity index (χ2n) is 2.56. The van der Waals surface area contributed by atoms with Crippen LogP contribution in [-0.4, -0.2) is 16.3 Å². The van der Waals surface area contributed by atoms with Gasteiger partial charge in [-0.2, -0.15) is 0 Å². The number of rotatable bonds is 2. The minimum atomic E-state index is -1.37. The van der Waals surface area contributed by atoms with Gasteiger partial charge in [0, 0.05) is 0 Å². The maximum atomic E-state index is 12.9. The molecule has 0 aliphatic rings. The number of carbonyl (C=O) groups is 1. The van der Waals surface area contributed by atoms with Crippen LogP contribution in [-0.2, 0) is 0 Å². The molecule has 13 heavy (non-hydrogen) atoms. The number of benzene rings is 1. The van der Waals surface area contributed by atoms with Crippen molar-refractivity contribution >= 4 is 11.7 Å². The van der Waals surface area contributed by atoms with Gasteiger partial charge in [-0.15, -0.1) is 0 Å². The zero-order chi connectivity index (χ0) is 10.0. The van der Waals surface area contributed by atoms with Crippen LogP contribution in [0.1, 0.15) is 15.9 Å². The van der Waals surface area contributed by atoms with Crippen LogP contribution in [0.5, 0.6) is 0 Å². The highest BCUT2D eigenvalue weighted by Gasteiger charge is 2.12. The Morgan fingerprint density at radius 3 is 2.62 bits per heavy atom. The predicted octanol–water partition coefficient (Wildman–Crippen LogP) is 1.63. The fourth-order valence-corrected chi connectivity index (χ4v) is 0.957. The van der Waals surface area contributed by atoms with Crippen molar-refractivity contribution in [3.8, 4) is 0 Å². The van der Waals surface area contributed by atoms with E-state index in [-0.39, 0.29) is 5.69 Å². The van der Waals surface area contributed by atoms with E-state index in [9.17, 15) is 9.18 Å². The Kier molecular flexibility index (Phi) is 2.48. The number of carboxylic acid groups (broad SMARTS) is 1. The van der Waals surface area contributed by atoms with Crippen molar-refractivity contribution in [2.75, 3.05) is 5.48 Å². The summed E-state index contributed by atoms with van der Waals surface area (Å²) in [6.45, 7) is 1.55. The van der Waals surface area contributed by atoms with Crippen molar-refractivity contribution in [2.45, 2.75) is 6.92 Å². The first-order valence-electron chi connectivity index (χ1n) is 3.50. The van der Waals surface area contributed by atoms with E-state index in [4.69, 9.17) is 10.3 Å². The number of hydrogen-bond acceptors (Lipinski definition) is 3. The highest BCUT2D eigenvalue weighted by atomic mass is 19.1. The summed E-state index contributed by atoms with van der Waals surface area (Å²) < 4.78 is 12.9. The molecule has 0 saturated carbocycles. The van der Waals surface area contributed by atoms with Crippen molar-refractivity contribution in [1.82, 2.24) is 0 Å². The zero-order valence-electron chi connectivity index (χ0n) is 6.84. The Morgan fingerprint density at radius 2 is 2.15 bits per heavy atom. The molecule has 1 rings (SSSR count). The average molecular weight is 185 g/mol. The zero-order valence-corrected chi connectivity index (χ0v) is 6.84. The largest absolute Gasteiger partial charge is 0.478 e. The fraction of sp³-hybridized carbons (Fsp3) is 0.125. The summed E-state index contributed by atoms with van der Waals surface area (Å²) in [5.74, 6) is -2.18. The summed E-state index contributed by atoms with van der Waals surface area (Å²) in [5.41, 5.74) is 1.93. The van der Waals surface area contributed by atoms with Gasteiger partial charge in [0.1, 0.15) is 5.82 Å². The molecular weight excluding hydrogens is 177 g/mol. The Balaban J connectivity index is 3.30. The molecular formula is C8H8FNO3. The third kappa shape index (κ3) is 1.75. The smallest absolute Gasteiger partial charge is 0.338 e. The van der Waals surface area contributed by atoms with Crippen LogP contribution in [0.2, 0.25) is 0 Å².